The summed E-state index contributed by atoms with van der Waals surface area (Å²) in [5.74, 6) is 1.86. The third-order valence-corrected chi connectivity index (χ3v) is 6.16. The molecule has 0 unspecified atom stereocenters. The number of aryl methyl sites for hydroxylation is 1. The number of anilines is 1. The van der Waals surface area contributed by atoms with Crippen LogP contribution in [0.4, 0.5) is 5.82 Å². The first-order valence-corrected chi connectivity index (χ1v) is 11.3. The van der Waals surface area contributed by atoms with Crippen LogP contribution in [-0.4, -0.2) is 56.1 Å². The summed E-state index contributed by atoms with van der Waals surface area (Å²) in [6, 6.07) is 7.82. The lowest BCUT2D eigenvalue weighted by atomic mass is 10.1. The van der Waals surface area contributed by atoms with Gasteiger partial charge in [0.05, 0.1) is 27.2 Å². The fraction of sp³-hybridized carbons (Fsp3) is 0.500. The Kier molecular flexibility index (Phi) is 7.50. The first kappa shape index (κ1) is 21.6. The fourth-order valence-electron chi connectivity index (χ4n) is 3.32. The molecule has 2 heterocycles. The number of likely N-dealkylation sites (N-methyl/N-ethyl adjacent to an activating group) is 1. The van der Waals surface area contributed by atoms with E-state index in [-0.39, 0.29) is 5.91 Å². The Morgan fingerprint density at radius 3 is 2.48 bits per heavy atom. The number of thioether (sulfide) groups is 1. The number of rotatable bonds is 8. The molecule has 0 saturated carbocycles. The molecule has 0 aliphatic carbocycles. The molecule has 0 atom stereocenters. The smallest absolute Gasteiger partial charge is 0.251 e. The second kappa shape index (κ2) is 10.1. The number of hydrogen-bond donors (Lipinski definition) is 2. The number of aromatic nitrogens is 2. The number of benzene rings is 1. The third kappa shape index (κ3) is 5.93. The molecule has 7 heteroatoms. The van der Waals surface area contributed by atoms with Crippen LogP contribution >= 0.6 is 11.8 Å². The monoisotopic (exact) mass is 414 g/mol. The summed E-state index contributed by atoms with van der Waals surface area (Å²) in [6.07, 6.45) is 2.47. The standard InChI is InChI=1S/C22H31N5OS/c1-16-17(2)24-22(25-20(16)27-12-5-6-13-27)29-15-18-7-9-19(10-8-18)21(28)23-11-14-26(3)4/h7-10H,5-6,11-15H2,1-4H3,(H,23,28)/p+1. The zero-order valence-electron chi connectivity index (χ0n) is 17.9. The highest BCUT2D eigenvalue weighted by Crippen LogP contribution is 2.28. The molecule has 1 aliphatic heterocycles. The number of nitrogens with zero attached hydrogens (tertiary/aromatic N) is 3. The maximum atomic E-state index is 12.2. The number of carbonyl (C=O) groups is 1. The molecule has 0 spiro atoms. The van der Waals surface area contributed by atoms with Gasteiger partial charge in [-0.3, -0.25) is 4.79 Å². The maximum absolute atomic E-state index is 12.2. The second-order valence-corrected chi connectivity index (χ2v) is 8.88. The van der Waals surface area contributed by atoms with Gasteiger partial charge in [-0.15, -0.1) is 0 Å². The normalized spacial score (nSPS) is 13.9. The van der Waals surface area contributed by atoms with Gasteiger partial charge < -0.3 is 15.1 Å². The fourth-order valence-corrected chi connectivity index (χ4v) is 4.16. The minimum absolute atomic E-state index is 0.0156. The molecule has 1 amide bonds. The highest BCUT2D eigenvalue weighted by molar-refractivity contribution is 7.98. The van der Waals surface area contributed by atoms with Crippen LogP contribution in [0.15, 0.2) is 29.4 Å². The van der Waals surface area contributed by atoms with Gasteiger partial charge >= 0.3 is 0 Å². The van der Waals surface area contributed by atoms with Crippen molar-refractivity contribution < 1.29 is 9.69 Å². The van der Waals surface area contributed by atoms with Gasteiger partial charge in [0, 0.05) is 35.7 Å². The van der Waals surface area contributed by atoms with Crippen molar-refractivity contribution in [3.05, 3.63) is 46.6 Å². The summed E-state index contributed by atoms with van der Waals surface area (Å²) < 4.78 is 0. The van der Waals surface area contributed by atoms with Crippen LogP contribution in [0.25, 0.3) is 0 Å². The van der Waals surface area contributed by atoms with Crippen LogP contribution < -0.4 is 15.1 Å². The molecule has 156 valence electrons. The molecule has 1 saturated heterocycles. The van der Waals surface area contributed by atoms with Gasteiger partial charge in [0.25, 0.3) is 5.91 Å². The average molecular weight is 415 g/mol. The van der Waals surface area contributed by atoms with E-state index in [2.05, 4.69) is 43.1 Å². The van der Waals surface area contributed by atoms with E-state index in [1.807, 2.05) is 24.3 Å². The number of quaternary nitrogens is 1. The Bertz CT molecular complexity index is 832. The summed E-state index contributed by atoms with van der Waals surface area (Å²) >= 11 is 1.65. The van der Waals surface area contributed by atoms with E-state index in [1.54, 1.807) is 11.8 Å². The van der Waals surface area contributed by atoms with Crippen LogP contribution in [0, 0.1) is 13.8 Å². The van der Waals surface area contributed by atoms with Gasteiger partial charge in [-0.1, -0.05) is 23.9 Å². The lowest BCUT2D eigenvalue weighted by Crippen LogP contribution is -3.06. The highest BCUT2D eigenvalue weighted by atomic mass is 32.2. The first-order valence-electron chi connectivity index (χ1n) is 10.3. The molecule has 1 aromatic heterocycles. The van der Waals surface area contributed by atoms with Crippen molar-refractivity contribution in [2.24, 2.45) is 0 Å². The summed E-state index contributed by atoms with van der Waals surface area (Å²) in [5.41, 5.74) is 4.10. The molecule has 0 radical (unpaired) electrons. The number of amides is 1. The van der Waals surface area contributed by atoms with Crippen molar-refractivity contribution in [2.45, 2.75) is 37.6 Å². The van der Waals surface area contributed by atoms with Crippen molar-refractivity contribution in [1.82, 2.24) is 15.3 Å². The van der Waals surface area contributed by atoms with Crippen LogP contribution in [0.3, 0.4) is 0 Å². The van der Waals surface area contributed by atoms with E-state index in [0.29, 0.717) is 12.1 Å². The average Bonchev–Trinajstić information content (AvgIpc) is 3.23. The lowest BCUT2D eigenvalue weighted by Gasteiger charge is -2.20. The number of hydrogen-bond acceptors (Lipinski definition) is 5. The molecular formula is C22H32N5OS+. The predicted octanol–water partition coefficient (Wildman–Crippen LogP) is 1.86. The molecule has 6 nitrogen and oxygen atoms in total. The Balaban J connectivity index is 1.59. The zero-order chi connectivity index (χ0) is 20.8. The van der Waals surface area contributed by atoms with Crippen molar-refractivity contribution in [3.63, 3.8) is 0 Å². The molecule has 1 fully saturated rings. The molecule has 1 aliphatic rings. The highest BCUT2D eigenvalue weighted by Gasteiger charge is 2.18. The van der Waals surface area contributed by atoms with Crippen molar-refractivity contribution in [2.75, 3.05) is 45.2 Å². The Morgan fingerprint density at radius 2 is 1.83 bits per heavy atom. The van der Waals surface area contributed by atoms with E-state index < -0.39 is 0 Å². The molecule has 0 bridgehead atoms. The molecule has 2 aromatic rings. The molecule has 3 rings (SSSR count). The zero-order valence-corrected chi connectivity index (χ0v) is 18.7. The summed E-state index contributed by atoms with van der Waals surface area (Å²) in [5, 5.41) is 3.78. The summed E-state index contributed by atoms with van der Waals surface area (Å²) in [7, 11) is 4.15. The Hall–Kier alpha value is -2.12. The van der Waals surface area contributed by atoms with E-state index in [9.17, 15) is 4.79 Å². The van der Waals surface area contributed by atoms with Crippen molar-refractivity contribution in [3.8, 4) is 0 Å². The summed E-state index contributed by atoms with van der Waals surface area (Å²) in [4.78, 5) is 25.4. The largest absolute Gasteiger partial charge is 0.356 e. The van der Waals surface area contributed by atoms with Crippen LogP contribution in [0.5, 0.6) is 0 Å². The maximum Gasteiger partial charge on any atom is 0.251 e. The molecule has 29 heavy (non-hydrogen) atoms. The molecule has 1 aromatic carbocycles. The van der Waals surface area contributed by atoms with Gasteiger partial charge in [0.1, 0.15) is 5.82 Å². The van der Waals surface area contributed by atoms with Crippen LogP contribution in [0.2, 0.25) is 0 Å². The number of nitrogens with one attached hydrogen (secondary N) is 2. The van der Waals surface area contributed by atoms with E-state index in [4.69, 9.17) is 4.98 Å². The van der Waals surface area contributed by atoms with Crippen molar-refractivity contribution in [1.29, 1.82) is 0 Å². The topological polar surface area (TPSA) is 62.6 Å². The minimum Gasteiger partial charge on any atom is -0.356 e. The minimum atomic E-state index is -0.0156. The quantitative estimate of drug-likeness (QED) is 0.510. The molecular weight excluding hydrogens is 382 g/mol. The van der Waals surface area contributed by atoms with Gasteiger partial charge in [-0.2, -0.15) is 0 Å². The van der Waals surface area contributed by atoms with E-state index in [1.165, 1.54) is 23.3 Å². The second-order valence-electron chi connectivity index (χ2n) is 7.93. The first-order chi connectivity index (χ1) is 13.9. The van der Waals surface area contributed by atoms with Crippen molar-refractivity contribution >= 4 is 23.5 Å². The lowest BCUT2D eigenvalue weighted by molar-refractivity contribution is -0.856. The van der Waals surface area contributed by atoms with Gasteiger partial charge in [-0.25, -0.2) is 9.97 Å². The van der Waals surface area contributed by atoms with E-state index >= 15 is 0 Å². The van der Waals surface area contributed by atoms with Gasteiger partial charge in [-0.05, 0) is 44.4 Å². The Labute approximate surface area is 178 Å². The third-order valence-electron chi connectivity index (χ3n) is 5.24. The SMILES string of the molecule is Cc1nc(SCc2ccc(C(=O)NCC[NH+](C)C)cc2)nc(N2CCCC2)c1C. The molecule has 2 N–H and O–H groups in total. The van der Waals surface area contributed by atoms with Gasteiger partial charge in [0.2, 0.25) is 0 Å². The van der Waals surface area contributed by atoms with Crippen LogP contribution in [0.1, 0.15) is 40.0 Å². The number of carbonyl (C=O) groups excluding carboxylic acids is 1. The van der Waals surface area contributed by atoms with Crippen LogP contribution in [-0.2, 0) is 5.75 Å². The summed E-state index contributed by atoms with van der Waals surface area (Å²) in [6.45, 7) is 7.94. The van der Waals surface area contributed by atoms with Gasteiger partial charge in [0.15, 0.2) is 5.16 Å². The predicted molar refractivity (Wildman–Crippen MR) is 119 cm³/mol. The Morgan fingerprint density at radius 1 is 1.14 bits per heavy atom. The van der Waals surface area contributed by atoms with E-state index in [0.717, 1.165) is 47.6 Å².